The van der Waals surface area contributed by atoms with Crippen molar-refractivity contribution in [3.8, 4) is 0 Å². The molecule has 1 aliphatic rings. The number of esters is 1. The van der Waals surface area contributed by atoms with Crippen molar-refractivity contribution in [3.05, 3.63) is 52.0 Å². The predicted octanol–water partition coefficient (Wildman–Crippen LogP) is 4.72. The number of nitrogens with zero attached hydrogens (tertiary/aromatic N) is 1. The second-order valence-corrected chi connectivity index (χ2v) is 7.78. The summed E-state index contributed by atoms with van der Waals surface area (Å²) in [5.74, 6) is -0.182. The standard InChI is InChI=1S/C20H21ClN2O3S/c1-26-18(24)11-16-12-27-20(22-16)23-19(25)17(9-13-5-2-3-6-13)14-7-4-8-15(21)10-14/h4,7-10,12-13H,2-3,5-6,11H2,1H3,(H,22,23,25)/b17-9-. The summed E-state index contributed by atoms with van der Waals surface area (Å²) in [5.41, 5.74) is 1.97. The van der Waals surface area contributed by atoms with Gasteiger partial charge in [-0.1, -0.05) is 42.7 Å². The Labute approximate surface area is 167 Å². The fraction of sp³-hybridized carbons (Fsp3) is 0.350. The van der Waals surface area contributed by atoms with Gasteiger partial charge in [-0.3, -0.25) is 14.9 Å². The van der Waals surface area contributed by atoms with Gasteiger partial charge in [-0.25, -0.2) is 4.98 Å². The maximum absolute atomic E-state index is 13.0. The van der Waals surface area contributed by atoms with Crippen molar-refractivity contribution >= 4 is 45.5 Å². The van der Waals surface area contributed by atoms with Crippen molar-refractivity contribution in [2.45, 2.75) is 32.1 Å². The summed E-state index contributed by atoms with van der Waals surface area (Å²) < 4.78 is 4.64. The highest BCUT2D eigenvalue weighted by atomic mass is 35.5. The number of benzene rings is 1. The minimum absolute atomic E-state index is 0.0853. The van der Waals surface area contributed by atoms with Gasteiger partial charge in [-0.2, -0.15) is 0 Å². The Bertz CT molecular complexity index is 856. The summed E-state index contributed by atoms with van der Waals surface area (Å²) >= 11 is 7.41. The molecule has 0 spiro atoms. The smallest absolute Gasteiger partial charge is 0.311 e. The number of hydrogen-bond acceptors (Lipinski definition) is 5. The van der Waals surface area contributed by atoms with Gasteiger partial charge in [0.05, 0.1) is 19.2 Å². The first-order chi connectivity index (χ1) is 13.0. The second kappa shape index (κ2) is 9.15. The molecular formula is C20H21ClN2O3S. The number of anilines is 1. The number of ether oxygens (including phenoxy) is 1. The molecule has 0 atom stereocenters. The van der Waals surface area contributed by atoms with Gasteiger partial charge in [0.2, 0.25) is 0 Å². The van der Waals surface area contributed by atoms with Crippen LogP contribution >= 0.6 is 22.9 Å². The van der Waals surface area contributed by atoms with Crippen LogP contribution in [0.2, 0.25) is 5.02 Å². The molecule has 1 aromatic carbocycles. The van der Waals surface area contributed by atoms with Gasteiger partial charge in [-0.05, 0) is 36.5 Å². The van der Waals surface area contributed by atoms with Crippen LogP contribution in [0.1, 0.15) is 36.9 Å². The zero-order valence-electron chi connectivity index (χ0n) is 15.0. The number of allylic oxidation sites excluding steroid dienone is 1. The van der Waals surface area contributed by atoms with E-state index in [1.165, 1.54) is 31.3 Å². The first-order valence-corrected chi connectivity index (χ1v) is 10.1. The lowest BCUT2D eigenvalue weighted by atomic mass is 9.98. The normalized spacial score (nSPS) is 15.0. The summed E-state index contributed by atoms with van der Waals surface area (Å²) in [6.45, 7) is 0. The Morgan fingerprint density at radius 1 is 1.37 bits per heavy atom. The van der Waals surface area contributed by atoms with E-state index in [4.69, 9.17) is 11.6 Å². The van der Waals surface area contributed by atoms with Crippen molar-refractivity contribution < 1.29 is 14.3 Å². The summed E-state index contributed by atoms with van der Waals surface area (Å²) in [7, 11) is 1.34. The Morgan fingerprint density at radius 2 is 2.15 bits per heavy atom. The molecule has 1 saturated carbocycles. The van der Waals surface area contributed by atoms with Gasteiger partial charge in [0, 0.05) is 16.0 Å². The van der Waals surface area contributed by atoms with Crippen LogP contribution in [0.4, 0.5) is 5.13 Å². The van der Waals surface area contributed by atoms with Gasteiger partial charge >= 0.3 is 5.97 Å². The molecule has 0 bridgehead atoms. The molecular weight excluding hydrogens is 384 g/mol. The molecule has 1 amide bonds. The predicted molar refractivity (Wildman–Crippen MR) is 108 cm³/mol. The highest BCUT2D eigenvalue weighted by Crippen LogP contribution is 2.30. The molecule has 0 saturated heterocycles. The minimum Gasteiger partial charge on any atom is -0.469 e. The summed E-state index contributed by atoms with van der Waals surface area (Å²) in [6, 6.07) is 7.31. The zero-order valence-corrected chi connectivity index (χ0v) is 16.6. The Kier molecular flexibility index (Phi) is 6.63. The third-order valence-electron chi connectivity index (χ3n) is 4.51. The van der Waals surface area contributed by atoms with Crippen LogP contribution in [0, 0.1) is 5.92 Å². The number of nitrogens with one attached hydrogen (secondary N) is 1. The lowest BCUT2D eigenvalue weighted by molar-refractivity contribution is -0.139. The van der Waals surface area contributed by atoms with Gasteiger partial charge in [0.15, 0.2) is 5.13 Å². The molecule has 0 radical (unpaired) electrons. The van der Waals surface area contributed by atoms with E-state index in [0.29, 0.717) is 27.3 Å². The maximum Gasteiger partial charge on any atom is 0.311 e. The van der Waals surface area contributed by atoms with E-state index < -0.39 is 0 Å². The molecule has 1 heterocycles. The van der Waals surface area contributed by atoms with Gasteiger partial charge in [-0.15, -0.1) is 11.3 Å². The van der Waals surface area contributed by atoms with Crippen LogP contribution in [0.25, 0.3) is 5.57 Å². The number of hydrogen-bond donors (Lipinski definition) is 1. The summed E-state index contributed by atoms with van der Waals surface area (Å²) in [4.78, 5) is 28.6. The third-order valence-corrected chi connectivity index (χ3v) is 5.55. The fourth-order valence-corrected chi connectivity index (χ4v) is 4.04. The Hall–Kier alpha value is -2.18. The average Bonchev–Trinajstić information content (AvgIpc) is 3.31. The second-order valence-electron chi connectivity index (χ2n) is 6.49. The van der Waals surface area contributed by atoms with Gasteiger partial charge in [0.1, 0.15) is 0 Å². The number of rotatable bonds is 6. The van der Waals surface area contributed by atoms with Crippen molar-refractivity contribution in [2.75, 3.05) is 12.4 Å². The monoisotopic (exact) mass is 404 g/mol. The van der Waals surface area contributed by atoms with Crippen LogP contribution in [-0.2, 0) is 20.7 Å². The van der Waals surface area contributed by atoms with Crippen molar-refractivity contribution in [1.29, 1.82) is 0 Å². The van der Waals surface area contributed by atoms with E-state index in [1.807, 2.05) is 12.1 Å². The van der Waals surface area contributed by atoms with E-state index in [0.717, 1.165) is 18.4 Å². The topological polar surface area (TPSA) is 68.3 Å². The Morgan fingerprint density at radius 3 is 2.85 bits per heavy atom. The quantitative estimate of drug-likeness (QED) is 0.558. The lowest BCUT2D eigenvalue weighted by Crippen LogP contribution is -2.15. The lowest BCUT2D eigenvalue weighted by Gasteiger charge is -2.11. The molecule has 1 aromatic heterocycles. The van der Waals surface area contributed by atoms with Crippen LogP contribution in [0.5, 0.6) is 0 Å². The van der Waals surface area contributed by atoms with E-state index in [9.17, 15) is 9.59 Å². The molecule has 1 N–H and O–H groups in total. The van der Waals surface area contributed by atoms with Crippen molar-refractivity contribution in [2.24, 2.45) is 5.92 Å². The maximum atomic E-state index is 13.0. The van der Waals surface area contributed by atoms with E-state index in [2.05, 4.69) is 21.1 Å². The largest absolute Gasteiger partial charge is 0.469 e. The minimum atomic E-state index is -0.362. The molecule has 0 aliphatic heterocycles. The van der Waals surface area contributed by atoms with E-state index >= 15 is 0 Å². The van der Waals surface area contributed by atoms with Crippen molar-refractivity contribution in [1.82, 2.24) is 4.98 Å². The Balaban J connectivity index is 1.80. The van der Waals surface area contributed by atoms with E-state index in [-0.39, 0.29) is 18.3 Å². The molecule has 1 aliphatic carbocycles. The first-order valence-electron chi connectivity index (χ1n) is 8.85. The summed E-state index contributed by atoms with van der Waals surface area (Å²) in [5, 5.41) is 5.64. The van der Waals surface area contributed by atoms with Crippen LogP contribution in [-0.4, -0.2) is 24.0 Å². The molecule has 1 fully saturated rings. The average molecular weight is 405 g/mol. The fourth-order valence-electron chi connectivity index (χ4n) is 3.15. The molecule has 142 valence electrons. The molecule has 3 rings (SSSR count). The van der Waals surface area contributed by atoms with Crippen LogP contribution < -0.4 is 5.32 Å². The van der Waals surface area contributed by atoms with Gasteiger partial charge < -0.3 is 4.74 Å². The molecule has 0 unspecified atom stereocenters. The molecule has 27 heavy (non-hydrogen) atoms. The molecule has 2 aromatic rings. The highest BCUT2D eigenvalue weighted by Gasteiger charge is 2.19. The van der Waals surface area contributed by atoms with Crippen LogP contribution in [0.15, 0.2) is 35.7 Å². The SMILES string of the molecule is COC(=O)Cc1csc(NC(=O)/C(=C\C2CCCC2)c2cccc(Cl)c2)n1. The number of carbonyl (C=O) groups is 2. The zero-order chi connectivity index (χ0) is 19.2. The number of thiazole rings is 1. The number of aromatic nitrogens is 1. The molecule has 7 heteroatoms. The van der Waals surface area contributed by atoms with Crippen LogP contribution in [0.3, 0.4) is 0 Å². The summed E-state index contributed by atoms with van der Waals surface area (Å²) in [6.07, 6.45) is 6.71. The molecule has 5 nitrogen and oxygen atoms in total. The number of methoxy groups -OCH3 is 1. The van der Waals surface area contributed by atoms with Gasteiger partial charge in [0.25, 0.3) is 5.91 Å². The van der Waals surface area contributed by atoms with E-state index in [1.54, 1.807) is 17.5 Å². The third kappa shape index (κ3) is 5.40. The number of halogens is 1. The van der Waals surface area contributed by atoms with Crippen molar-refractivity contribution in [3.63, 3.8) is 0 Å². The highest BCUT2D eigenvalue weighted by molar-refractivity contribution is 7.14. The number of amides is 1. The number of carbonyl (C=O) groups excluding carboxylic acids is 2. The first kappa shape index (κ1) is 19.6.